The number of hydrogen-bond acceptors (Lipinski definition) is 14. The molecule has 0 radical (unpaired) electrons. The van der Waals surface area contributed by atoms with Crippen molar-refractivity contribution in [1.29, 1.82) is 0 Å². The number of halogens is 6. The largest absolute Gasteiger partial charge is 0.350 e. The fourth-order valence-electron chi connectivity index (χ4n) is 11.4. The van der Waals surface area contributed by atoms with Crippen molar-refractivity contribution < 1.29 is 44.0 Å². The molecule has 396 valence electrons. The van der Waals surface area contributed by atoms with Crippen molar-refractivity contribution in [1.82, 2.24) is 28.9 Å². The van der Waals surface area contributed by atoms with Crippen LogP contribution in [-0.4, -0.2) is 142 Å². The van der Waals surface area contributed by atoms with Gasteiger partial charge in [0.05, 0.1) is 68.3 Å². The van der Waals surface area contributed by atoms with E-state index in [1.165, 1.54) is 54.6 Å². The van der Waals surface area contributed by atoms with E-state index in [-0.39, 0.29) is 93.8 Å². The second kappa shape index (κ2) is 19.5. The van der Waals surface area contributed by atoms with Crippen LogP contribution in [0.25, 0.3) is 44.1 Å². The molecule has 6 aliphatic heterocycles. The molecule has 76 heavy (non-hydrogen) atoms. The Morgan fingerprint density at radius 3 is 1.33 bits per heavy atom. The topological polar surface area (TPSA) is 185 Å². The Kier molecular flexibility index (Phi) is 13.4. The van der Waals surface area contributed by atoms with Crippen molar-refractivity contribution in [2.75, 3.05) is 70.5 Å². The number of aromatic nitrogens is 4. The van der Waals surface area contributed by atoms with Crippen LogP contribution in [0.1, 0.15) is 0 Å². The van der Waals surface area contributed by atoms with E-state index in [1.54, 1.807) is 21.9 Å². The molecule has 0 saturated carbocycles. The first-order valence-corrected chi connectivity index (χ1v) is 30.1. The van der Waals surface area contributed by atoms with Gasteiger partial charge in [0.15, 0.2) is 19.7 Å². The summed E-state index contributed by atoms with van der Waals surface area (Å²) in [7, 11) is -6.92. The molecule has 2 aromatic heterocycles. The van der Waals surface area contributed by atoms with E-state index in [0.717, 1.165) is 36.4 Å². The number of hydrogen-bond donors (Lipinski definition) is 0. The van der Waals surface area contributed by atoms with Gasteiger partial charge < -0.3 is 19.6 Å². The quantitative estimate of drug-likeness (QED) is 0.136. The van der Waals surface area contributed by atoms with E-state index in [1.807, 2.05) is 0 Å². The van der Waals surface area contributed by atoms with Crippen LogP contribution in [-0.2, 0) is 42.4 Å². The summed E-state index contributed by atoms with van der Waals surface area (Å²) >= 11 is 16.3. The summed E-state index contributed by atoms with van der Waals surface area (Å²) in [5.41, 5.74) is 0.913. The standard InChI is InChI=1S/2C25H21ClF2N4O4S2/c2*1-2-20(33)30-5-6-31(19-12-38(35,36)11-18(19)30)24-15-10-16(26)21(14-4-3-13(27)9-17(14)28)23-22(15)32(7-8-37-23)25(34)29-24/h2*2-4,9-10,18-19H,1,5-8,11-12H2/t2*18-,19+/m10/s1. The molecule has 2 amide bonds. The molecule has 8 heterocycles. The predicted octanol–water partition coefficient (Wildman–Crippen LogP) is 6.20. The Morgan fingerprint density at radius 1 is 0.579 bits per heavy atom. The van der Waals surface area contributed by atoms with E-state index in [0.29, 0.717) is 67.3 Å². The van der Waals surface area contributed by atoms with Gasteiger partial charge in [0.2, 0.25) is 11.8 Å². The Balaban J connectivity index is 0.000000162. The minimum atomic E-state index is -3.46. The molecular formula is C50H42Cl2F4N8O8S4. The number of anilines is 2. The number of carbonyl (C=O) groups is 2. The number of benzene rings is 4. The number of nitrogens with zero attached hydrogens (tertiary/aromatic N) is 8. The Labute approximate surface area is 449 Å². The third kappa shape index (κ3) is 8.85. The van der Waals surface area contributed by atoms with Crippen molar-refractivity contribution in [2.24, 2.45) is 0 Å². The molecule has 26 heteroatoms. The number of carbonyl (C=O) groups excluding carboxylic acids is 2. The van der Waals surface area contributed by atoms with Crippen LogP contribution in [0.3, 0.4) is 0 Å². The van der Waals surface area contributed by atoms with Crippen LogP contribution in [0.5, 0.6) is 0 Å². The highest BCUT2D eigenvalue weighted by Crippen LogP contribution is 2.49. The van der Waals surface area contributed by atoms with Gasteiger partial charge in [0.1, 0.15) is 34.9 Å². The fourth-order valence-corrected chi connectivity index (χ4v) is 18.5. The monoisotopic (exact) mass is 1160 g/mol. The van der Waals surface area contributed by atoms with Crippen molar-refractivity contribution in [3.63, 3.8) is 0 Å². The summed E-state index contributed by atoms with van der Waals surface area (Å²) in [6.07, 6.45) is 2.33. The highest BCUT2D eigenvalue weighted by atomic mass is 35.5. The molecule has 4 aromatic carbocycles. The van der Waals surface area contributed by atoms with E-state index in [9.17, 15) is 53.6 Å². The van der Waals surface area contributed by atoms with Gasteiger partial charge in [0.25, 0.3) is 0 Å². The zero-order chi connectivity index (χ0) is 53.9. The van der Waals surface area contributed by atoms with Gasteiger partial charge in [-0.1, -0.05) is 36.4 Å². The van der Waals surface area contributed by atoms with Crippen LogP contribution in [0.4, 0.5) is 29.2 Å². The molecule has 6 aromatic rings. The third-order valence-electron chi connectivity index (χ3n) is 14.6. The zero-order valence-corrected chi connectivity index (χ0v) is 44.5. The van der Waals surface area contributed by atoms with Crippen molar-refractivity contribution >= 4 is 112 Å². The van der Waals surface area contributed by atoms with Crippen molar-refractivity contribution in [3.05, 3.63) is 128 Å². The van der Waals surface area contributed by atoms with Gasteiger partial charge in [-0.3, -0.25) is 18.7 Å². The maximum Gasteiger partial charge on any atom is 0.350 e. The lowest BCUT2D eigenvalue weighted by Gasteiger charge is -2.44. The molecule has 12 rings (SSSR count). The molecule has 0 spiro atoms. The predicted molar refractivity (Wildman–Crippen MR) is 285 cm³/mol. The van der Waals surface area contributed by atoms with Gasteiger partial charge in [0, 0.05) is 106 Å². The fraction of sp³-hybridized carbons (Fsp3) is 0.320. The molecule has 4 saturated heterocycles. The van der Waals surface area contributed by atoms with Gasteiger partial charge in [-0.2, -0.15) is 9.97 Å². The normalized spacial score (nSPS) is 22.0. The number of aryl methyl sites for hydroxylation is 2. The minimum Gasteiger partial charge on any atom is -0.348 e. The summed E-state index contributed by atoms with van der Waals surface area (Å²) < 4.78 is 111. The van der Waals surface area contributed by atoms with E-state index >= 15 is 0 Å². The maximum atomic E-state index is 14.9. The van der Waals surface area contributed by atoms with E-state index in [4.69, 9.17) is 23.2 Å². The number of thioether (sulfide) groups is 2. The van der Waals surface area contributed by atoms with Gasteiger partial charge in [-0.05, 0) is 48.6 Å². The Hall–Kier alpha value is -5.92. The lowest BCUT2D eigenvalue weighted by molar-refractivity contribution is -0.129. The SMILES string of the molecule is C=CC(=O)N1CCN(c2nc(=O)n3c4c(c(-c5ccc(F)cc5F)c(Cl)cc24)SCC3)[C@@H]2CS(=O)(=O)C[C@@H]21.C=CC(=O)N1CCN(c2nc(=O)n3c4c(c(-c5ccc(F)cc5F)c(Cl)cc24)SCC3)[C@H]2CS(=O)(=O)C[C@H]21. The van der Waals surface area contributed by atoms with Gasteiger partial charge >= 0.3 is 11.4 Å². The highest BCUT2D eigenvalue weighted by molar-refractivity contribution is 8.00. The zero-order valence-electron chi connectivity index (χ0n) is 39.7. The van der Waals surface area contributed by atoms with Crippen LogP contribution in [0.2, 0.25) is 10.0 Å². The second-order valence-electron chi connectivity index (χ2n) is 18.9. The number of piperazine rings is 2. The molecule has 0 bridgehead atoms. The Bertz CT molecular complexity index is 3670. The first-order chi connectivity index (χ1) is 36.2. The van der Waals surface area contributed by atoms with Crippen LogP contribution in [0.15, 0.2) is 93.2 Å². The van der Waals surface area contributed by atoms with Gasteiger partial charge in [-0.25, -0.2) is 44.0 Å². The summed E-state index contributed by atoms with van der Waals surface area (Å²) in [5.74, 6) is -2.90. The minimum absolute atomic E-state index is 0.110. The molecule has 0 N–H and O–H groups in total. The number of fused-ring (bicyclic) bond motifs is 2. The molecule has 0 aliphatic carbocycles. The summed E-state index contributed by atoms with van der Waals surface area (Å²) in [5, 5.41) is 1.43. The van der Waals surface area contributed by atoms with Crippen LogP contribution >= 0.6 is 46.7 Å². The lowest BCUT2D eigenvalue weighted by atomic mass is 10.0. The van der Waals surface area contributed by atoms with E-state index < -0.39 is 78.5 Å². The third-order valence-corrected chi connectivity index (χ3v) is 20.8. The molecule has 16 nitrogen and oxygen atoms in total. The molecular weight excluding hydrogens is 1120 g/mol. The molecule has 6 aliphatic rings. The van der Waals surface area contributed by atoms with Crippen LogP contribution in [0, 0.1) is 23.3 Å². The average Bonchev–Trinajstić information content (AvgIpc) is 3.92. The van der Waals surface area contributed by atoms with E-state index in [2.05, 4.69) is 23.1 Å². The number of rotatable bonds is 6. The van der Waals surface area contributed by atoms with Gasteiger partial charge in [-0.15, -0.1) is 23.5 Å². The lowest BCUT2D eigenvalue weighted by Crippen LogP contribution is -2.61. The average molecular weight is 1160 g/mol. The highest BCUT2D eigenvalue weighted by Gasteiger charge is 2.50. The summed E-state index contributed by atoms with van der Waals surface area (Å²) in [4.78, 5) is 67.9. The molecule has 4 atom stereocenters. The van der Waals surface area contributed by atoms with Crippen molar-refractivity contribution in [2.45, 2.75) is 47.0 Å². The number of sulfone groups is 2. The first-order valence-electron chi connectivity index (χ1n) is 23.7. The summed E-state index contributed by atoms with van der Waals surface area (Å²) in [6.45, 7) is 8.74. The number of amides is 2. The van der Waals surface area contributed by atoms with Crippen LogP contribution < -0.4 is 21.2 Å². The second-order valence-corrected chi connectivity index (χ2v) is 26.2. The molecule has 0 unspecified atom stereocenters. The Morgan fingerprint density at radius 2 is 0.961 bits per heavy atom. The summed E-state index contributed by atoms with van der Waals surface area (Å²) in [6, 6.07) is 7.22. The van der Waals surface area contributed by atoms with Crippen molar-refractivity contribution in [3.8, 4) is 22.3 Å². The first kappa shape index (κ1) is 52.1. The molecule has 4 fully saturated rings. The maximum absolute atomic E-state index is 14.9. The smallest absolute Gasteiger partial charge is 0.348 e.